The molecule has 6 nitrogen and oxygen atoms in total. The molecule has 0 aliphatic heterocycles. The lowest BCUT2D eigenvalue weighted by Gasteiger charge is -2.19. The molecule has 2 aromatic rings. The molecule has 0 spiro atoms. The summed E-state index contributed by atoms with van der Waals surface area (Å²) in [6.07, 6.45) is 2.75. The second kappa shape index (κ2) is 7.85. The first kappa shape index (κ1) is 18.4. The normalized spacial score (nSPS) is 16.0. The van der Waals surface area contributed by atoms with Gasteiger partial charge in [-0.3, -0.25) is 4.99 Å². The molecule has 1 aromatic carbocycles. The fourth-order valence-corrected chi connectivity index (χ4v) is 2.90. The summed E-state index contributed by atoms with van der Waals surface area (Å²) in [4.78, 5) is 8.61. The van der Waals surface area contributed by atoms with Gasteiger partial charge in [0.1, 0.15) is 5.82 Å². The van der Waals surface area contributed by atoms with Crippen LogP contribution in [0.1, 0.15) is 49.9 Å². The zero-order valence-corrected chi connectivity index (χ0v) is 15.6. The van der Waals surface area contributed by atoms with E-state index in [0.29, 0.717) is 18.9 Å². The average Bonchev–Trinajstić information content (AvgIpc) is 3.27. The quantitative estimate of drug-likeness (QED) is 0.587. The molecule has 1 fully saturated rings. The highest BCUT2D eigenvalue weighted by Crippen LogP contribution is 2.47. The Morgan fingerprint density at radius 1 is 1.35 bits per heavy atom. The van der Waals surface area contributed by atoms with Gasteiger partial charge >= 0.3 is 0 Å². The van der Waals surface area contributed by atoms with Crippen LogP contribution >= 0.6 is 0 Å². The molecule has 3 rings (SSSR count). The molecule has 0 unspecified atom stereocenters. The predicted molar refractivity (Wildman–Crippen MR) is 98.8 cm³/mol. The van der Waals surface area contributed by atoms with Gasteiger partial charge in [0.15, 0.2) is 11.8 Å². The van der Waals surface area contributed by atoms with Gasteiger partial charge in [0.05, 0.1) is 0 Å². The third-order valence-corrected chi connectivity index (χ3v) is 4.74. The van der Waals surface area contributed by atoms with Crippen molar-refractivity contribution in [3.8, 4) is 0 Å². The highest BCUT2D eigenvalue weighted by molar-refractivity contribution is 5.79. The molecule has 1 aromatic heterocycles. The van der Waals surface area contributed by atoms with E-state index in [1.54, 1.807) is 19.2 Å². The Morgan fingerprint density at radius 2 is 2.15 bits per heavy atom. The Kier molecular flexibility index (Phi) is 5.54. The van der Waals surface area contributed by atoms with E-state index in [0.717, 1.165) is 36.7 Å². The van der Waals surface area contributed by atoms with Gasteiger partial charge in [-0.25, -0.2) is 4.39 Å². The molecular weight excluding hydrogens is 333 g/mol. The van der Waals surface area contributed by atoms with Crippen LogP contribution in [0.4, 0.5) is 4.39 Å². The van der Waals surface area contributed by atoms with Crippen molar-refractivity contribution in [3.05, 3.63) is 47.4 Å². The predicted octanol–water partition coefficient (Wildman–Crippen LogP) is 2.77. The zero-order chi connectivity index (χ0) is 18.6. The van der Waals surface area contributed by atoms with Crippen LogP contribution < -0.4 is 10.6 Å². The van der Waals surface area contributed by atoms with Crippen LogP contribution in [-0.4, -0.2) is 36.2 Å². The van der Waals surface area contributed by atoms with E-state index in [-0.39, 0.29) is 17.2 Å². The summed E-state index contributed by atoms with van der Waals surface area (Å²) in [6, 6.07) is 6.88. The second-order valence-electron chi connectivity index (χ2n) is 7.09. The number of nitrogens with zero attached hydrogens (tertiary/aromatic N) is 3. The summed E-state index contributed by atoms with van der Waals surface area (Å²) < 4.78 is 18.7. The number of benzene rings is 1. The molecule has 1 heterocycles. The van der Waals surface area contributed by atoms with Crippen LogP contribution in [0.2, 0.25) is 0 Å². The summed E-state index contributed by atoms with van der Waals surface area (Å²) in [6.45, 7) is 5.44. The molecule has 0 saturated heterocycles. The molecule has 140 valence electrons. The smallest absolute Gasteiger partial charge is 0.228 e. The molecule has 1 saturated carbocycles. The van der Waals surface area contributed by atoms with Crippen LogP contribution in [0.3, 0.4) is 0 Å². The number of hydrogen-bond acceptors (Lipinski definition) is 4. The SMILES string of the molecule is CN=C(NCCc1nc(C(C)C)no1)NCC1(c2cccc(F)c2)CC1. The summed E-state index contributed by atoms with van der Waals surface area (Å²) in [5, 5.41) is 10.6. The Labute approximate surface area is 153 Å². The summed E-state index contributed by atoms with van der Waals surface area (Å²) in [5.41, 5.74) is 1.06. The number of hydrogen-bond donors (Lipinski definition) is 2. The van der Waals surface area contributed by atoms with Gasteiger partial charge in [0, 0.05) is 37.9 Å². The molecule has 0 atom stereocenters. The van der Waals surface area contributed by atoms with E-state index in [9.17, 15) is 4.39 Å². The zero-order valence-electron chi connectivity index (χ0n) is 15.6. The third-order valence-electron chi connectivity index (χ3n) is 4.74. The highest BCUT2D eigenvalue weighted by Gasteiger charge is 2.44. The standard InChI is InChI=1S/C19H26FN5O/c1-13(2)17-24-16(26-25-17)7-10-22-18(21-3)23-12-19(8-9-19)14-5-4-6-15(20)11-14/h4-6,11,13H,7-10,12H2,1-3H3,(H2,21,22,23). The van der Waals surface area contributed by atoms with Crippen molar-refractivity contribution in [2.45, 2.75) is 44.4 Å². The lowest BCUT2D eigenvalue weighted by molar-refractivity contribution is 0.371. The van der Waals surface area contributed by atoms with E-state index >= 15 is 0 Å². The molecule has 0 amide bonds. The molecule has 1 aliphatic carbocycles. The largest absolute Gasteiger partial charge is 0.356 e. The average molecular weight is 359 g/mol. The number of halogens is 1. The maximum Gasteiger partial charge on any atom is 0.228 e. The first-order valence-corrected chi connectivity index (χ1v) is 9.05. The molecule has 0 radical (unpaired) electrons. The van der Waals surface area contributed by atoms with Crippen LogP contribution in [0.15, 0.2) is 33.8 Å². The van der Waals surface area contributed by atoms with Crippen LogP contribution in [0, 0.1) is 5.82 Å². The van der Waals surface area contributed by atoms with E-state index in [1.807, 2.05) is 19.9 Å². The van der Waals surface area contributed by atoms with Gasteiger partial charge in [-0.2, -0.15) is 4.98 Å². The van der Waals surface area contributed by atoms with Gasteiger partial charge in [0.25, 0.3) is 0 Å². The Hall–Kier alpha value is -2.44. The minimum atomic E-state index is -0.184. The van der Waals surface area contributed by atoms with Crippen LogP contribution in [-0.2, 0) is 11.8 Å². The van der Waals surface area contributed by atoms with E-state index in [2.05, 4.69) is 25.8 Å². The van der Waals surface area contributed by atoms with Crippen molar-refractivity contribution in [2.75, 3.05) is 20.1 Å². The van der Waals surface area contributed by atoms with E-state index < -0.39 is 0 Å². The van der Waals surface area contributed by atoms with E-state index in [1.165, 1.54) is 6.07 Å². The van der Waals surface area contributed by atoms with Crippen molar-refractivity contribution in [1.29, 1.82) is 0 Å². The van der Waals surface area contributed by atoms with Crippen molar-refractivity contribution < 1.29 is 8.91 Å². The number of guanidine groups is 1. The van der Waals surface area contributed by atoms with Crippen molar-refractivity contribution in [2.24, 2.45) is 4.99 Å². The number of aromatic nitrogens is 2. The third kappa shape index (κ3) is 4.39. The number of nitrogens with one attached hydrogen (secondary N) is 2. The second-order valence-corrected chi connectivity index (χ2v) is 7.09. The number of rotatable bonds is 7. The maximum absolute atomic E-state index is 13.5. The minimum absolute atomic E-state index is 0.0123. The highest BCUT2D eigenvalue weighted by atomic mass is 19.1. The first-order chi connectivity index (χ1) is 12.5. The van der Waals surface area contributed by atoms with Crippen molar-refractivity contribution in [3.63, 3.8) is 0 Å². The van der Waals surface area contributed by atoms with E-state index in [4.69, 9.17) is 4.52 Å². The fraction of sp³-hybridized carbons (Fsp3) is 0.526. The van der Waals surface area contributed by atoms with Gasteiger partial charge in [-0.1, -0.05) is 31.1 Å². The van der Waals surface area contributed by atoms with Crippen molar-refractivity contribution in [1.82, 2.24) is 20.8 Å². The van der Waals surface area contributed by atoms with Gasteiger partial charge in [-0.05, 0) is 30.5 Å². The summed E-state index contributed by atoms with van der Waals surface area (Å²) in [7, 11) is 1.74. The minimum Gasteiger partial charge on any atom is -0.356 e. The summed E-state index contributed by atoms with van der Waals surface area (Å²) >= 11 is 0. The van der Waals surface area contributed by atoms with Gasteiger partial charge in [0.2, 0.25) is 5.89 Å². The topological polar surface area (TPSA) is 75.3 Å². The molecule has 2 N–H and O–H groups in total. The van der Waals surface area contributed by atoms with Gasteiger partial charge in [-0.15, -0.1) is 0 Å². The molecule has 0 bridgehead atoms. The monoisotopic (exact) mass is 359 g/mol. The Morgan fingerprint density at radius 3 is 2.77 bits per heavy atom. The first-order valence-electron chi connectivity index (χ1n) is 9.05. The lowest BCUT2D eigenvalue weighted by Crippen LogP contribution is -2.42. The number of aliphatic imine (C=N–C) groups is 1. The van der Waals surface area contributed by atoms with Crippen LogP contribution in [0.25, 0.3) is 0 Å². The maximum atomic E-state index is 13.5. The van der Waals surface area contributed by atoms with Crippen LogP contribution in [0.5, 0.6) is 0 Å². The van der Waals surface area contributed by atoms with Crippen molar-refractivity contribution >= 4 is 5.96 Å². The van der Waals surface area contributed by atoms with Gasteiger partial charge < -0.3 is 15.2 Å². The molecule has 7 heteroatoms. The summed E-state index contributed by atoms with van der Waals surface area (Å²) in [5.74, 6) is 2.14. The molecule has 1 aliphatic rings. The lowest BCUT2D eigenvalue weighted by atomic mass is 9.96. The molecule has 26 heavy (non-hydrogen) atoms. The Bertz CT molecular complexity index is 767. The Balaban J connectivity index is 1.47. The fourth-order valence-electron chi connectivity index (χ4n) is 2.90. The molecular formula is C19H26FN5O.